The summed E-state index contributed by atoms with van der Waals surface area (Å²) in [5.74, 6) is 0.840. The number of anilines is 2. The Morgan fingerprint density at radius 1 is 1.56 bits per heavy atom. The number of pyridine rings is 1. The summed E-state index contributed by atoms with van der Waals surface area (Å²) in [6, 6.07) is 2.33. The van der Waals surface area contributed by atoms with Gasteiger partial charge in [0, 0.05) is 25.2 Å². The van der Waals surface area contributed by atoms with Crippen LogP contribution in [0.4, 0.5) is 11.5 Å². The van der Waals surface area contributed by atoms with Gasteiger partial charge in [-0.05, 0) is 37.8 Å². The van der Waals surface area contributed by atoms with Crippen molar-refractivity contribution in [1.29, 1.82) is 0 Å². The number of rotatable bonds is 6. The third kappa shape index (κ3) is 3.91. The van der Waals surface area contributed by atoms with Gasteiger partial charge in [-0.3, -0.25) is 4.79 Å². The fourth-order valence-corrected chi connectivity index (χ4v) is 1.72. The number of nitrogens with zero attached hydrogens (tertiary/aromatic N) is 1. The van der Waals surface area contributed by atoms with Crippen LogP contribution in [0.2, 0.25) is 0 Å². The Morgan fingerprint density at radius 3 is 3.00 bits per heavy atom. The molecule has 0 atom stereocenters. The molecule has 4 N–H and O–H groups in total. The van der Waals surface area contributed by atoms with Gasteiger partial charge >= 0.3 is 0 Å². The molecule has 1 aromatic heterocycles. The van der Waals surface area contributed by atoms with Crippen molar-refractivity contribution in [1.82, 2.24) is 10.3 Å². The van der Waals surface area contributed by atoms with E-state index in [0.717, 1.165) is 24.8 Å². The standard InChI is InChI=1S/C13H20N4O/c1-9-7-11(14)13(16-8-9)15-6-2-3-12(18)17-10-4-5-10/h7-8,10H,2-6,14H2,1H3,(H,15,16)(H,17,18). The van der Waals surface area contributed by atoms with E-state index in [2.05, 4.69) is 15.6 Å². The molecule has 1 saturated carbocycles. The molecular formula is C13H20N4O. The van der Waals surface area contributed by atoms with E-state index in [1.807, 2.05) is 13.0 Å². The predicted molar refractivity (Wildman–Crippen MR) is 72.3 cm³/mol. The molecule has 0 aromatic carbocycles. The molecule has 0 aliphatic heterocycles. The first-order valence-electron chi connectivity index (χ1n) is 6.40. The SMILES string of the molecule is Cc1cnc(NCCCC(=O)NC2CC2)c(N)c1. The van der Waals surface area contributed by atoms with E-state index >= 15 is 0 Å². The quantitative estimate of drug-likeness (QED) is 0.666. The van der Waals surface area contributed by atoms with E-state index < -0.39 is 0 Å². The average Bonchev–Trinajstić information content (AvgIpc) is 3.10. The Morgan fingerprint density at radius 2 is 2.33 bits per heavy atom. The fraction of sp³-hybridized carbons (Fsp3) is 0.538. The summed E-state index contributed by atoms with van der Waals surface area (Å²) in [6.45, 7) is 2.66. The van der Waals surface area contributed by atoms with Gasteiger partial charge in [-0.2, -0.15) is 0 Å². The number of carbonyl (C=O) groups is 1. The minimum Gasteiger partial charge on any atom is -0.396 e. The molecule has 5 nitrogen and oxygen atoms in total. The molecule has 1 aliphatic rings. The van der Waals surface area contributed by atoms with Crippen LogP contribution in [0, 0.1) is 6.92 Å². The minimum atomic E-state index is 0.143. The van der Waals surface area contributed by atoms with Gasteiger partial charge in [-0.15, -0.1) is 0 Å². The summed E-state index contributed by atoms with van der Waals surface area (Å²) in [5.41, 5.74) is 7.53. The molecule has 1 amide bonds. The van der Waals surface area contributed by atoms with Crippen molar-refractivity contribution in [3.8, 4) is 0 Å². The summed E-state index contributed by atoms with van der Waals surface area (Å²) in [6.07, 6.45) is 5.38. The maximum Gasteiger partial charge on any atom is 0.220 e. The molecule has 1 fully saturated rings. The van der Waals surface area contributed by atoms with Crippen LogP contribution in [-0.4, -0.2) is 23.5 Å². The lowest BCUT2D eigenvalue weighted by molar-refractivity contribution is -0.121. The molecule has 0 unspecified atom stereocenters. The fourth-order valence-electron chi connectivity index (χ4n) is 1.72. The van der Waals surface area contributed by atoms with Gasteiger partial charge in [0.15, 0.2) is 0 Å². The van der Waals surface area contributed by atoms with Gasteiger partial charge in [-0.1, -0.05) is 0 Å². The van der Waals surface area contributed by atoms with E-state index in [1.165, 1.54) is 0 Å². The number of nitrogen functional groups attached to an aromatic ring is 1. The van der Waals surface area contributed by atoms with Gasteiger partial charge in [-0.25, -0.2) is 4.98 Å². The molecule has 0 saturated heterocycles. The van der Waals surface area contributed by atoms with Crippen molar-refractivity contribution in [2.45, 2.75) is 38.6 Å². The van der Waals surface area contributed by atoms with Crippen molar-refractivity contribution in [3.05, 3.63) is 17.8 Å². The molecule has 2 rings (SSSR count). The van der Waals surface area contributed by atoms with E-state index in [4.69, 9.17) is 5.73 Å². The molecule has 98 valence electrons. The number of amides is 1. The highest BCUT2D eigenvalue weighted by Gasteiger charge is 2.22. The maximum atomic E-state index is 11.4. The number of hydrogen-bond donors (Lipinski definition) is 3. The number of hydrogen-bond acceptors (Lipinski definition) is 4. The number of nitrogens with two attached hydrogens (primary N) is 1. The summed E-state index contributed by atoms with van der Waals surface area (Å²) in [7, 11) is 0. The van der Waals surface area contributed by atoms with E-state index in [9.17, 15) is 4.79 Å². The normalized spacial score (nSPS) is 14.3. The zero-order chi connectivity index (χ0) is 13.0. The summed E-state index contributed by atoms with van der Waals surface area (Å²) < 4.78 is 0. The largest absolute Gasteiger partial charge is 0.396 e. The molecule has 18 heavy (non-hydrogen) atoms. The molecule has 5 heteroatoms. The molecular weight excluding hydrogens is 228 g/mol. The number of nitrogens with one attached hydrogen (secondary N) is 2. The van der Waals surface area contributed by atoms with Gasteiger partial charge in [0.05, 0.1) is 5.69 Å². The van der Waals surface area contributed by atoms with Crippen molar-refractivity contribution < 1.29 is 4.79 Å². The van der Waals surface area contributed by atoms with Crippen molar-refractivity contribution in [2.75, 3.05) is 17.6 Å². The Kier molecular flexibility index (Phi) is 4.02. The van der Waals surface area contributed by atoms with Crippen LogP contribution >= 0.6 is 0 Å². The zero-order valence-corrected chi connectivity index (χ0v) is 10.7. The Balaban J connectivity index is 1.66. The monoisotopic (exact) mass is 248 g/mol. The highest BCUT2D eigenvalue weighted by atomic mass is 16.1. The zero-order valence-electron chi connectivity index (χ0n) is 10.7. The van der Waals surface area contributed by atoms with Gasteiger partial charge in [0.25, 0.3) is 0 Å². The van der Waals surface area contributed by atoms with Gasteiger partial charge < -0.3 is 16.4 Å². The summed E-state index contributed by atoms with van der Waals surface area (Å²) in [4.78, 5) is 15.7. The number of carbonyl (C=O) groups excluding carboxylic acids is 1. The highest BCUT2D eigenvalue weighted by Crippen LogP contribution is 2.19. The number of aryl methyl sites for hydroxylation is 1. The van der Waals surface area contributed by atoms with Crippen molar-refractivity contribution >= 4 is 17.4 Å². The lowest BCUT2D eigenvalue weighted by Crippen LogP contribution is -2.25. The van der Waals surface area contributed by atoms with E-state index in [0.29, 0.717) is 30.5 Å². The molecule has 0 bridgehead atoms. The van der Waals surface area contributed by atoms with E-state index in [-0.39, 0.29) is 5.91 Å². The molecule has 0 radical (unpaired) electrons. The molecule has 1 aliphatic carbocycles. The van der Waals surface area contributed by atoms with Crippen molar-refractivity contribution in [2.24, 2.45) is 0 Å². The Bertz CT molecular complexity index is 429. The van der Waals surface area contributed by atoms with Crippen molar-refractivity contribution in [3.63, 3.8) is 0 Å². The lowest BCUT2D eigenvalue weighted by atomic mass is 10.2. The van der Waals surface area contributed by atoms with Crippen LogP contribution in [0.1, 0.15) is 31.2 Å². The second kappa shape index (κ2) is 5.71. The van der Waals surface area contributed by atoms with Crippen LogP contribution < -0.4 is 16.4 Å². The lowest BCUT2D eigenvalue weighted by Gasteiger charge is -2.08. The summed E-state index contributed by atoms with van der Waals surface area (Å²) >= 11 is 0. The van der Waals surface area contributed by atoms with E-state index in [1.54, 1.807) is 6.20 Å². The Hall–Kier alpha value is -1.78. The second-order valence-electron chi connectivity index (χ2n) is 4.82. The second-order valence-corrected chi connectivity index (χ2v) is 4.82. The smallest absolute Gasteiger partial charge is 0.220 e. The Labute approximate surface area is 107 Å². The average molecular weight is 248 g/mol. The first-order chi connectivity index (χ1) is 8.65. The predicted octanol–water partition coefficient (Wildman–Crippen LogP) is 1.44. The van der Waals surface area contributed by atoms with Crippen LogP contribution in [-0.2, 0) is 4.79 Å². The third-order valence-electron chi connectivity index (χ3n) is 2.87. The molecule has 1 aromatic rings. The minimum absolute atomic E-state index is 0.143. The van der Waals surface area contributed by atoms with Gasteiger partial charge in [0.1, 0.15) is 5.82 Å². The van der Waals surface area contributed by atoms with Crippen LogP contribution in [0.5, 0.6) is 0 Å². The molecule has 0 spiro atoms. The first kappa shape index (κ1) is 12.7. The number of aromatic nitrogens is 1. The van der Waals surface area contributed by atoms with Crippen LogP contribution in [0.15, 0.2) is 12.3 Å². The van der Waals surface area contributed by atoms with Crippen LogP contribution in [0.25, 0.3) is 0 Å². The maximum absolute atomic E-state index is 11.4. The third-order valence-corrected chi connectivity index (χ3v) is 2.87. The van der Waals surface area contributed by atoms with Crippen LogP contribution in [0.3, 0.4) is 0 Å². The topological polar surface area (TPSA) is 80.0 Å². The highest BCUT2D eigenvalue weighted by molar-refractivity contribution is 5.76. The summed E-state index contributed by atoms with van der Waals surface area (Å²) in [5, 5.41) is 6.11. The van der Waals surface area contributed by atoms with Gasteiger partial charge in [0.2, 0.25) is 5.91 Å². The first-order valence-corrected chi connectivity index (χ1v) is 6.40. The molecule has 1 heterocycles.